The van der Waals surface area contributed by atoms with Crippen LogP contribution in [0, 0.1) is 12.8 Å². The van der Waals surface area contributed by atoms with E-state index in [4.69, 9.17) is 9.26 Å². The first-order valence-corrected chi connectivity index (χ1v) is 8.83. The minimum absolute atomic E-state index is 0.0860. The number of hydrogen-bond acceptors (Lipinski definition) is 5. The van der Waals surface area contributed by atoms with Gasteiger partial charge in [-0.05, 0) is 49.2 Å². The molecule has 27 heavy (non-hydrogen) atoms. The molecule has 1 atom stereocenters. The van der Waals surface area contributed by atoms with Crippen LogP contribution in [-0.4, -0.2) is 23.2 Å². The van der Waals surface area contributed by atoms with Gasteiger partial charge < -0.3 is 14.6 Å². The van der Waals surface area contributed by atoms with Crippen LogP contribution in [0.4, 0.5) is 0 Å². The molecule has 0 radical (unpaired) electrons. The van der Waals surface area contributed by atoms with Crippen molar-refractivity contribution < 1.29 is 14.1 Å². The number of methoxy groups -OCH3 is 1. The van der Waals surface area contributed by atoms with Crippen molar-refractivity contribution in [3.8, 4) is 17.1 Å². The van der Waals surface area contributed by atoms with Gasteiger partial charge in [0.05, 0.1) is 7.11 Å². The van der Waals surface area contributed by atoms with Gasteiger partial charge in [0.1, 0.15) is 11.8 Å². The summed E-state index contributed by atoms with van der Waals surface area (Å²) >= 11 is 0. The second-order valence-corrected chi connectivity index (χ2v) is 6.75. The summed E-state index contributed by atoms with van der Waals surface area (Å²) in [6.45, 7) is 5.95. The molecule has 0 aliphatic heterocycles. The van der Waals surface area contributed by atoms with Crippen molar-refractivity contribution in [3.05, 3.63) is 65.5 Å². The normalized spacial score (nSPS) is 12.0. The molecule has 140 valence electrons. The third kappa shape index (κ3) is 4.34. The van der Waals surface area contributed by atoms with Crippen molar-refractivity contribution in [2.24, 2.45) is 5.92 Å². The summed E-state index contributed by atoms with van der Waals surface area (Å²) in [5, 5.41) is 7.07. The van der Waals surface area contributed by atoms with Gasteiger partial charge in [-0.1, -0.05) is 36.7 Å². The van der Waals surface area contributed by atoms with E-state index in [1.54, 1.807) is 13.2 Å². The third-order valence-electron chi connectivity index (χ3n) is 4.29. The Balaban J connectivity index is 1.81. The van der Waals surface area contributed by atoms with Gasteiger partial charge in [0, 0.05) is 11.1 Å². The zero-order chi connectivity index (χ0) is 19.4. The predicted molar refractivity (Wildman–Crippen MR) is 103 cm³/mol. The quantitative estimate of drug-likeness (QED) is 0.709. The van der Waals surface area contributed by atoms with Crippen molar-refractivity contribution in [2.45, 2.75) is 26.8 Å². The molecule has 1 aromatic heterocycles. The molecule has 0 unspecified atom stereocenters. The van der Waals surface area contributed by atoms with E-state index >= 15 is 0 Å². The smallest absolute Gasteiger partial charge is 0.251 e. The van der Waals surface area contributed by atoms with E-state index in [1.807, 2.05) is 63.2 Å². The molecule has 0 bridgehead atoms. The molecule has 0 saturated heterocycles. The van der Waals surface area contributed by atoms with E-state index in [0.29, 0.717) is 17.3 Å². The van der Waals surface area contributed by atoms with Crippen LogP contribution in [0.2, 0.25) is 0 Å². The SMILES string of the molecule is COc1ccc(-c2noc([C@H](NC(=O)c3cccc(C)c3)C(C)C)n2)cc1. The largest absolute Gasteiger partial charge is 0.497 e. The minimum atomic E-state index is -0.377. The van der Waals surface area contributed by atoms with E-state index in [-0.39, 0.29) is 17.9 Å². The molecule has 1 heterocycles. The lowest BCUT2D eigenvalue weighted by atomic mass is 10.0. The van der Waals surface area contributed by atoms with E-state index in [1.165, 1.54) is 0 Å². The Labute approximate surface area is 158 Å². The second kappa shape index (κ2) is 8.03. The average Bonchev–Trinajstić information content (AvgIpc) is 3.15. The molecule has 3 aromatic rings. The first-order valence-electron chi connectivity index (χ1n) is 8.83. The molecule has 3 rings (SSSR count). The zero-order valence-corrected chi connectivity index (χ0v) is 15.9. The number of benzene rings is 2. The van der Waals surface area contributed by atoms with Crippen LogP contribution in [0.15, 0.2) is 53.1 Å². The lowest BCUT2D eigenvalue weighted by molar-refractivity contribution is 0.0914. The highest BCUT2D eigenvalue weighted by Gasteiger charge is 2.25. The monoisotopic (exact) mass is 365 g/mol. The van der Waals surface area contributed by atoms with Gasteiger partial charge in [0.25, 0.3) is 5.91 Å². The maximum atomic E-state index is 12.6. The highest BCUT2D eigenvalue weighted by Crippen LogP contribution is 2.25. The summed E-state index contributed by atoms with van der Waals surface area (Å²) in [5.74, 6) is 1.54. The average molecular weight is 365 g/mol. The maximum absolute atomic E-state index is 12.6. The molecular weight excluding hydrogens is 342 g/mol. The number of carbonyl (C=O) groups excluding carboxylic acids is 1. The van der Waals surface area contributed by atoms with E-state index < -0.39 is 0 Å². The molecule has 6 nitrogen and oxygen atoms in total. The topological polar surface area (TPSA) is 77.3 Å². The van der Waals surface area contributed by atoms with Crippen LogP contribution < -0.4 is 10.1 Å². The number of amides is 1. The molecule has 0 spiro atoms. The Hall–Kier alpha value is -3.15. The Morgan fingerprint density at radius 2 is 1.89 bits per heavy atom. The fourth-order valence-electron chi connectivity index (χ4n) is 2.74. The first-order chi connectivity index (χ1) is 13.0. The highest BCUT2D eigenvalue weighted by atomic mass is 16.5. The van der Waals surface area contributed by atoms with Gasteiger partial charge in [0.15, 0.2) is 0 Å². The second-order valence-electron chi connectivity index (χ2n) is 6.75. The number of ether oxygens (including phenoxy) is 1. The molecule has 0 aliphatic rings. The fourth-order valence-corrected chi connectivity index (χ4v) is 2.74. The van der Waals surface area contributed by atoms with Gasteiger partial charge in [0.2, 0.25) is 11.7 Å². The van der Waals surface area contributed by atoms with Crippen LogP contribution in [0.3, 0.4) is 0 Å². The Morgan fingerprint density at radius 1 is 1.15 bits per heavy atom. The molecule has 6 heteroatoms. The fraction of sp³-hybridized carbons (Fsp3) is 0.286. The summed E-state index contributed by atoms with van der Waals surface area (Å²) in [6.07, 6.45) is 0. The Kier molecular flexibility index (Phi) is 5.54. The summed E-state index contributed by atoms with van der Waals surface area (Å²) < 4.78 is 10.6. The van der Waals surface area contributed by atoms with Crippen LogP contribution in [0.5, 0.6) is 5.75 Å². The Morgan fingerprint density at radius 3 is 2.52 bits per heavy atom. The van der Waals surface area contributed by atoms with Crippen LogP contribution in [0.1, 0.15) is 41.7 Å². The summed E-state index contributed by atoms with van der Waals surface area (Å²) in [4.78, 5) is 17.1. The lowest BCUT2D eigenvalue weighted by Crippen LogP contribution is -2.32. The van der Waals surface area contributed by atoms with Crippen molar-refractivity contribution in [3.63, 3.8) is 0 Å². The Bertz CT molecular complexity index is 916. The predicted octanol–water partition coefficient (Wildman–Crippen LogP) is 4.18. The van der Waals surface area contributed by atoms with Crippen molar-refractivity contribution in [1.29, 1.82) is 0 Å². The highest BCUT2D eigenvalue weighted by molar-refractivity contribution is 5.94. The number of rotatable bonds is 6. The van der Waals surface area contributed by atoms with Gasteiger partial charge in [-0.2, -0.15) is 4.98 Å². The van der Waals surface area contributed by atoms with Gasteiger partial charge >= 0.3 is 0 Å². The van der Waals surface area contributed by atoms with Crippen molar-refractivity contribution >= 4 is 5.91 Å². The first kappa shape index (κ1) is 18.6. The maximum Gasteiger partial charge on any atom is 0.251 e. The van der Waals surface area contributed by atoms with Crippen LogP contribution in [0.25, 0.3) is 11.4 Å². The van der Waals surface area contributed by atoms with Crippen molar-refractivity contribution in [2.75, 3.05) is 7.11 Å². The number of nitrogens with one attached hydrogen (secondary N) is 1. The van der Waals surface area contributed by atoms with Crippen LogP contribution in [-0.2, 0) is 0 Å². The zero-order valence-electron chi connectivity index (χ0n) is 15.9. The number of aromatic nitrogens is 2. The summed E-state index contributed by atoms with van der Waals surface area (Å²) in [7, 11) is 1.62. The standard InChI is InChI=1S/C21H23N3O3/c1-13(2)18(22-20(25)16-7-5-6-14(3)12-16)21-23-19(24-27-21)15-8-10-17(26-4)11-9-15/h5-13,18H,1-4H3,(H,22,25)/t18-/m1/s1. The third-order valence-corrected chi connectivity index (χ3v) is 4.29. The van der Waals surface area contributed by atoms with E-state index in [0.717, 1.165) is 16.9 Å². The molecule has 0 aliphatic carbocycles. The van der Waals surface area contributed by atoms with Crippen molar-refractivity contribution in [1.82, 2.24) is 15.5 Å². The molecule has 0 fully saturated rings. The molecule has 1 amide bonds. The minimum Gasteiger partial charge on any atom is -0.497 e. The molecular formula is C21H23N3O3. The molecule has 1 N–H and O–H groups in total. The van der Waals surface area contributed by atoms with Crippen LogP contribution >= 0.6 is 0 Å². The number of carbonyl (C=O) groups is 1. The lowest BCUT2D eigenvalue weighted by Gasteiger charge is -2.18. The number of aryl methyl sites for hydroxylation is 1. The van der Waals surface area contributed by atoms with E-state index in [2.05, 4.69) is 15.5 Å². The number of nitrogens with zero attached hydrogens (tertiary/aromatic N) is 2. The summed E-state index contributed by atoms with van der Waals surface area (Å²) in [5.41, 5.74) is 2.46. The van der Waals surface area contributed by atoms with E-state index in [9.17, 15) is 4.79 Å². The molecule has 2 aromatic carbocycles. The number of hydrogen-bond donors (Lipinski definition) is 1. The van der Waals surface area contributed by atoms with Gasteiger partial charge in [-0.15, -0.1) is 0 Å². The van der Waals surface area contributed by atoms with Gasteiger partial charge in [-0.3, -0.25) is 4.79 Å². The molecule has 0 saturated carbocycles. The summed E-state index contributed by atoms with van der Waals surface area (Å²) in [6, 6.07) is 14.5. The van der Waals surface area contributed by atoms with Gasteiger partial charge in [-0.25, -0.2) is 0 Å².